The lowest BCUT2D eigenvalue weighted by Gasteiger charge is -2.16. The fourth-order valence-corrected chi connectivity index (χ4v) is 4.32. The van der Waals surface area contributed by atoms with Crippen molar-refractivity contribution in [2.45, 2.75) is 47.5 Å². The Kier molecular flexibility index (Phi) is 6.56. The molecule has 1 aliphatic rings. The molecule has 3 aromatic rings. The van der Waals surface area contributed by atoms with Gasteiger partial charge in [0.2, 0.25) is 0 Å². The maximum atomic E-state index is 13.7. The quantitative estimate of drug-likeness (QED) is 0.418. The van der Waals surface area contributed by atoms with Gasteiger partial charge in [0, 0.05) is 23.9 Å². The molecule has 0 bridgehead atoms. The van der Waals surface area contributed by atoms with Gasteiger partial charge in [-0.2, -0.15) is 4.57 Å². The van der Waals surface area contributed by atoms with Gasteiger partial charge in [0.25, 0.3) is 17.2 Å². The van der Waals surface area contributed by atoms with Crippen molar-refractivity contribution < 1.29 is 18.5 Å². The molecule has 35 heavy (non-hydrogen) atoms. The van der Waals surface area contributed by atoms with Crippen LogP contribution in [0.25, 0.3) is 17.0 Å². The minimum absolute atomic E-state index is 0.0606. The lowest BCUT2D eigenvalue weighted by Crippen LogP contribution is -2.41. The van der Waals surface area contributed by atoms with Crippen molar-refractivity contribution in [2.75, 3.05) is 6.54 Å². The van der Waals surface area contributed by atoms with Crippen LogP contribution in [-0.2, 0) is 16.0 Å². The second-order valence-corrected chi connectivity index (χ2v) is 9.39. The zero-order valence-corrected chi connectivity index (χ0v) is 20.7. The molecule has 7 nitrogen and oxygen atoms in total. The van der Waals surface area contributed by atoms with Gasteiger partial charge in [-0.1, -0.05) is 27.2 Å². The van der Waals surface area contributed by atoms with E-state index in [2.05, 4.69) is 5.10 Å². The third-order valence-electron chi connectivity index (χ3n) is 6.19. The molecule has 0 saturated heterocycles. The van der Waals surface area contributed by atoms with Crippen LogP contribution in [0.4, 0.5) is 4.39 Å². The van der Waals surface area contributed by atoms with Crippen LogP contribution < -0.4 is 10.1 Å². The summed E-state index contributed by atoms with van der Waals surface area (Å²) in [6.07, 6.45) is 4.76. The van der Waals surface area contributed by atoms with Gasteiger partial charge in [0.1, 0.15) is 11.4 Å². The fourth-order valence-electron chi connectivity index (χ4n) is 4.32. The van der Waals surface area contributed by atoms with E-state index in [9.17, 15) is 18.8 Å². The van der Waals surface area contributed by atoms with E-state index in [4.69, 9.17) is 0 Å². The topological polar surface area (TPSA) is 79.1 Å². The van der Waals surface area contributed by atoms with Crippen LogP contribution in [0, 0.1) is 25.6 Å². The van der Waals surface area contributed by atoms with Crippen molar-refractivity contribution in [2.24, 2.45) is 5.92 Å². The minimum Gasteiger partial charge on any atom is -0.294 e. The molecule has 8 heteroatoms. The number of aromatic nitrogens is 3. The average molecular weight is 478 g/mol. The number of carbonyl (C=O) groups is 2. The molecule has 0 saturated carbocycles. The number of imide groups is 1. The van der Waals surface area contributed by atoms with Crippen LogP contribution in [0.3, 0.4) is 0 Å². The summed E-state index contributed by atoms with van der Waals surface area (Å²) in [5.41, 5.74) is 2.99. The standard InChI is InChI=1S/C27H29FN4O3/c1-6-7-21-22(26(34)32(29-21)20-10-8-19(28)9-11-20)23-24(30-13-12-17(4)18(5)15-30)27(35)31(25(23)33)14-16(2)3/h8-13,15-16H,6-7,14H2,1-5H3/p+1. The predicted octanol–water partition coefficient (Wildman–Crippen LogP) is 3.55. The molecule has 0 unspecified atom stereocenters. The van der Waals surface area contributed by atoms with Crippen molar-refractivity contribution in [3.05, 3.63) is 81.3 Å². The number of halogens is 1. The van der Waals surface area contributed by atoms with E-state index in [0.717, 1.165) is 11.1 Å². The summed E-state index contributed by atoms with van der Waals surface area (Å²) in [7, 11) is 0. The number of nitrogens with zero attached hydrogens (tertiary/aromatic N) is 3. The Morgan fingerprint density at radius 3 is 2.29 bits per heavy atom. The first-order chi connectivity index (χ1) is 16.6. The molecule has 1 aromatic carbocycles. The number of amides is 2. The summed E-state index contributed by atoms with van der Waals surface area (Å²) in [6.45, 7) is 9.98. The second-order valence-electron chi connectivity index (χ2n) is 9.39. The number of H-pyrrole nitrogens is 1. The Labute approximate surface area is 203 Å². The third kappa shape index (κ3) is 4.36. The van der Waals surface area contributed by atoms with E-state index in [1.807, 2.05) is 40.7 Å². The SMILES string of the molecule is CCCc1[nH]n(-c2ccc(F)cc2)c(=O)c1C1=C([n+]2ccc(C)c(C)c2)C(=O)N(CC(C)C)C1=O. The normalized spacial score (nSPS) is 14.1. The Hall–Kier alpha value is -3.81. The maximum Gasteiger partial charge on any atom is 0.326 e. The highest BCUT2D eigenvalue weighted by Crippen LogP contribution is 2.31. The zero-order valence-electron chi connectivity index (χ0n) is 20.7. The Morgan fingerprint density at radius 2 is 1.69 bits per heavy atom. The van der Waals surface area contributed by atoms with Gasteiger partial charge >= 0.3 is 5.91 Å². The van der Waals surface area contributed by atoms with Crippen LogP contribution in [0.5, 0.6) is 0 Å². The largest absolute Gasteiger partial charge is 0.326 e. The van der Waals surface area contributed by atoms with Crippen molar-refractivity contribution in [3.63, 3.8) is 0 Å². The van der Waals surface area contributed by atoms with Gasteiger partial charge in [-0.05, 0) is 56.0 Å². The molecule has 182 valence electrons. The van der Waals surface area contributed by atoms with Crippen molar-refractivity contribution >= 4 is 23.1 Å². The number of hydrogen-bond acceptors (Lipinski definition) is 3. The predicted molar refractivity (Wildman–Crippen MR) is 131 cm³/mol. The Balaban J connectivity index is 2.01. The van der Waals surface area contributed by atoms with Crippen molar-refractivity contribution in [1.29, 1.82) is 0 Å². The highest BCUT2D eigenvalue weighted by atomic mass is 19.1. The Bertz CT molecular complexity index is 1400. The first-order valence-electron chi connectivity index (χ1n) is 11.8. The van der Waals surface area contributed by atoms with E-state index in [1.54, 1.807) is 17.0 Å². The Morgan fingerprint density at radius 1 is 1.00 bits per heavy atom. The monoisotopic (exact) mass is 477 g/mol. The van der Waals surface area contributed by atoms with Gasteiger partial charge in [0.15, 0.2) is 12.4 Å². The van der Waals surface area contributed by atoms with Crippen LogP contribution in [-0.4, -0.2) is 33.0 Å². The number of rotatable bonds is 7. The summed E-state index contributed by atoms with van der Waals surface area (Å²) in [4.78, 5) is 42.3. The van der Waals surface area contributed by atoms with Gasteiger partial charge in [-0.25, -0.2) is 9.07 Å². The number of benzene rings is 1. The maximum absolute atomic E-state index is 13.7. The van der Waals surface area contributed by atoms with E-state index >= 15 is 0 Å². The third-order valence-corrected chi connectivity index (χ3v) is 6.19. The summed E-state index contributed by atoms with van der Waals surface area (Å²) in [5, 5.41) is 3.10. The van der Waals surface area contributed by atoms with Crippen molar-refractivity contribution in [3.8, 4) is 5.69 Å². The molecule has 0 fully saturated rings. The second kappa shape index (κ2) is 9.44. The zero-order chi connectivity index (χ0) is 25.4. The molecule has 0 radical (unpaired) electrons. The van der Waals surface area contributed by atoms with Crippen LogP contribution in [0.15, 0.2) is 47.5 Å². The molecule has 3 heterocycles. The highest BCUT2D eigenvalue weighted by molar-refractivity contribution is 6.44. The molecule has 1 N–H and O–H groups in total. The molecule has 1 aliphatic heterocycles. The lowest BCUT2D eigenvalue weighted by atomic mass is 10.0. The molecule has 4 rings (SSSR count). The molecule has 0 atom stereocenters. The number of carbonyl (C=O) groups excluding carboxylic acids is 2. The van der Waals surface area contributed by atoms with Gasteiger partial charge < -0.3 is 0 Å². The number of nitrogens with one attached hydrogen (secondary N) is 1. The van der Waals surface area contributed by atoms with Gasteiger partial charge in [-0.3, -0.25) is 24.4 Å². The van der Waals surface area contributed by atoms with Crippen LogP contribution in [0.2, 0.25) is 0 Å². The first-order valence-corrected chi connectivity index (χ1v) is 11.8. The number of aryl methyl sites for hydroxylation is 3. The lowest BCUT2D eigenvalue weighted by molar-refractivity contribution is -0.577. The molecular weight excluding hydrogens is 447 g/mol. The summed E-state index contributed by atoms with van der Waals surface area (Å²) >= 11 is 0. The van der Waals surface area contributed by atoms with E-state index in [0.29, 0.717) is 24.2 Å². The number of pyridine rings is 1. The van der Waals surface area contributed by atoms with Gasteiger partial charge in [0.05, 0.1) is 11.3 Å². The van der Waals surface area contributed by atoms with E-state index < -0.39 is 23.2 Å². The summed E-state index contributed by atoms with van der Waals surface area (Å²) in [6, 6.07) is 7.40. The molecule has 0 spiro atoms. The van der Waals surface area contributed by atoms with Crippen LogP contribution >= 0.6 is 0 Å². The number of hydrogen-bond donors (Lipinski definition) is 1. The molecular formula is C27H30FN4O3+. The summed E-state index contributed by atoms with van der Waals surface area (Å²) in [5.74, 6) is -1.27. The average Bonchev–Trinajstić information content (AvgIpc) is 3.24. The minimum atomic E-state index is -0.482. The molecule has 2 aromatic heterocycles. The highest BCUT2D eigenvalue weighted by Gasteiger charge is 2.47. The first kappa shape index (κ1) is 24.3. The van der Waals surface area contributed by atoms with Crippen LogP contribution in [0.1, 0.15) is 49.6 Å². The molecule has 0 aliphatic carbocycles. The van der Waals surface area contributed by atoms with E-state index in [-0.39, 0.29) is 29.3 Å². The smallest absolute Gasteiger partial charge is 0.294 e. The molecule has 2 amide bonds. The fraction of sp³-hybridized carbons (Fsp3) is 0.333. The summed E-state index contributed by atoms with van der Waals surface area (Å²) < 4.78 is 16.4. The van der Waals surface area contributed by atoms with Crippen molar-refractivity contribution in [1.82, 2.24) is 14.7 Å². The van der Waals surface area contributed by atoms with E-state index in [1.165, 1.54) is 33.8 Å². The van der Waals surface area contributed by atoms with Gasteiger partial charge in [-0.15, -0.1) is 0 Å². The number of aromatic amines is 1.